The molecule has 3 aromatic rings. The number of benzene rings is 2. The number of carbonyl (C=O) groups excluding carboxylic acids is 2. The van der Waals surface area contributed by atoms with E-state index in [1.54, 1.807) is 63.7 Å². The van der Waals surface area contributed by atoms with Crippen LogP contribution in [0.25, 0.3) is 5.69 Å². The zero-order valence-corrected chi connectivity index (χ0v) is 17.4. The Kier molecular flexibility index (Phi) is 6.86. The van der Waals surface area contributed by atoms with Gasteiger partial charge >= 0.3 is 0 Å². The van der Waals surface area contributed by atoms with Crippen LogP contribution in [0.4, 0.5) is 5.69 Å². The molecule has 0 spiro atoms. The van der Waals surface area contributed by atoms with Gasteiger partial charge < -0.3 is 20.1 Å². The molecule has 0 aliphatic carbocycles. The van der Waals surface area contributed by atoms with E-state index in [2.05, 4.69) is 26.2 Å². The lowest BCUT2D eigenvalue weighted by Crippen LogP contribution is -2.18. The molecule has 10 nitrogen and oxygen atoms in total. The predicted molar refractivity (Wildman–Crippen MR) is 111 cm³/mol. The summed E-state index contributed by atoms with van der Waals surface area (Å²) in [5.41, 5.74) is 1.69. The second-order valence-corrected chi connectivity index (χ2v) is 6.85. The van der Waals surface area contributed by atoms with Crippen molar-refractivity contribution in [2.24, 2.45) is 0 Å². The lowest BCUT2D eigenvalue weighted by Gasteiger charge is -2.11. The van der Waals surface area contributed by atoms with Crippen molar-refractivity contribution in [3.8, 4) is 17.2 Å². The molecule has 3 rings (SSSR count). The topological polar surface area (TPSA) is 120 Å². The number of rotatable bonds is 8. The molecule has 0 aliphatic heterocycles. The van der Waals surface area contributed by atoms with E-state index in [0.29, 0.717) is 33.6 Å². The molecular weight excluding hydrogens is 408 g/mol. The molecule has 2 aromatic carbocycles. The van der Waals surface area contributed by atoms with E-state index in [1.165, 1.54) is 16.4 Å². The number of amides is 2. The lowest BCUT2D eigenvalue weighted by atomic mass is 10.2. The van der Waals surface area contributed by atoms with Gasteiger partial charge in [0.15, 0.2) is 0 Å². The van der Waals surface area contributed by atoms with E-state index in [-0.39, 0.29) is 17.6 Å². The molecule has 0 atom stereocenters. The maximum Gasteiger partial charge on any atom is 0.251 e. The number of nitrogens with one attached hydrogen (secondary N) is 2. The Hall–Kier alpha value is -3.60. The number of ether oxygens (including phenoxy) is 2. The van der Waals surface area contributed by atoms with Gasteiger partial charge in [-0.3, -0.25) is 9.59 Å². The zero-order chi connectivity index (χ0) is 21.5. The Morgan fingerprint density at radius 2 is 1.87 bits per heavy atom. The normalized spacial score (nSPS) is 10.4. The van der Waals surface area contributed by atoms with Gasteiger partial charge in [0.25, 0.3) is 5.91 Å². The van der Waals surface area contributed by atoms with E-state index in [1.807, 2.05) is 0 Å². The first-order valence-corrected chi connectivity index (χ1v) is 9.80. The lowest BCUT2D eigenvalue weighted by molar-refractivity contribution is -0.113. The van der Waals surface area contributed by atoms with Crippen molar-refractivity contribution in [1.82, 2.24) is 25.5 Å². The Balaban J connectivity index is 1.67. The second-order valence-electron chi connectivity index (χ2n) is 5.90. The fourth-order valence-corrected chi connectivity index (χ4v) is 3.24. The minimum Gasteiger partial charge on any atom is -0.497 e. The number of methoxy groups -OCH3 is 2. The Bertz CT molecular complexity index is 1040. The summed E-state index contributed by atoms with van der Waals surface area (Å²) in [6.07, 6.45) is 0. The molecule has 1 aromatic heterocycles. The Labute approximate surface area is 176 Å². The summed E-state index contributed by atoms with van der Waals surface area (Å²) in [6.45, 7) is 0. The Morgan fingerprint density at radius 1 is 1.10 bits per heavy atom. The highest BCUT2D eigenvalue weighted by molar-refractivity contribution is 7.99. The van der Waals surface area contributed by atoms with Gasteiger partial charge in [0.05, 0.1) is 20.0 Å². The van der Waals surface area contributed by atoms with Crippen molar-refractivity contribution in [3.63, 3.8) is 0 Å². The van der Waals surface area contributed by atoms with Crippen molar-refractivity contribution in [2.75, 3.05) is 32.3 Å². The van der Waals surface area contributed by atoms with E-state index in [0.717, 1.165) is 0 Å². The van der Waals surface area contributed by atoms with E-state index < -0.39 is 0 Å². The molecule has 0 aliphatic rings. The maximum atomic E-state index is 12.3. The maximum absolute atomic E-state index is 12.3. The third kappa shape index (κ3) is 4.87. The molecule has 0 saturated heterocycles. The van der Waals surface area contributed by atoms with E-state index in [9.17, 15) is 9.59 Å². The number of aromatic nitrogens is 4. The summed E-state index contributed by atoms with van der Waals surface area (Å²) in [5, 5.41) is 17.4. The minimum atomic E-state index is -0.236. The summed E-state index contributed by atoms with van der Waals surface area (Å²) in [7, 11) is 4.67. The molecule has 0 saturated carbocycles. The Morgan fingerprint density at radius 3 is 2.53 bits per heavy atom. The van der Waals surface area contributed by atoms with Gasteiger partial charge in [-0.25, -0.2) is 0 Å². The molecule has 1 heterocycles. The molecule has 0 bridgehead atoms. The average Bonchev–Trinajstić information content (AvgIpc) is 3.25. The quantitative estimate of drug-likeness (QED) is 0.521. The number of nitrogens with zero attached hydrogens (tertiary/aromatic N) is 4. The van der Waals surface area contributed by atoms with Gasteiger partial charge in [0.1, 0.15) is 17.2 Å². The van der Waals surface area contributed by atoms with Crippen LogP contribution in [0.15, 0.2) is 47.6 Å². The fraction of sp³-hybridized carbons (Fsp3) is 0.211. The number of carbonyl (C=O) groups is 2. The van der Waals surface area contributed by atoms with Crippen molar-refractivity contribution in [2.45, 2.75) is 5.16 Å². The third-order valence-corrected chi connectivity index (χ3v) is 4.96. The number of thioether (sulfide) groups is 1. The van der Waals surface area contributed by atoms with Crippen LogP contribution < -0.4 is 20.1 Å². The first-order valence-electron chi connectivity index (χ1n) is 8.81. The molecule has 2 amide bonds. The first kappa shape index (κ1) is 21.1. The molecular formula is C19H20N6O4S. The molecule has 0 unspecified atom stereocenters. The van der Waals surface area contributed by atoms with E-state index >= 15 is 0 Å². The van der Waals surface area contributed by atoms with Crippen LogP contribution in [0.3, 0.4) is 0 Å². The molecule has 11 heteroatoms. The van der Waals surface area contributed by atoms with Gasteiger partial charge in [-0.15, -0.1) is 5.10 Å². The molecule has 0 fully saturated rings. The van der Waals surface area contributed by atoms with Gasteiger partial charge in [0, 0.05) is 24.4 Å². The van der Waals surface area contributed by atoms with Crippen molar-refractivity contribution >= 4 is 29.3 Å². The van der Waals surface area contributed by atoms with Crippen LogP contribution >= 0.6 is 11.8 Å². The summed E-state index contributed by atoms with van der Waals surface area (Å²) >= 11 is 1.17. The number of hydrogen-bond acceptors (Lipinski definition) is 8. The van der Waals surface area contributed by atoms with Crippen molar-refractivity contribution < 1.29 is 19.1 Å². The summed E-state index contributed by atoms with van der Waals surface area (Å²) in [5.74, 6) is 0.841. The molecule has 156 valence electrons. The zero-order valence-electron chi connectivity index (χ0n) is 16.6. The summed E-state index contributed by atoms with van der Waals surface area (Å²) < 4.78 is 12.1. The van der Waals surface area contributed by atoms with Crippen molar-refractivity contribution in [3.05, 3.63) is 48.0 Å². The SMILES string of the molecule is CNC(=O)c1ccc(NC(=O)CSc2nnnn2-c2cc(OC)ccc2OC)cc1. The molecule has 30 heavy (non-hydrogen) atoms. The van der Waals surface area contributed by atoms with Crippen LogP contribution in [-0.4, -0.2) is 59.0 Å². The monoisotopic (exact) mass is 428 g/mol. The second kappa shape index (κ2) is 9.74. The summed E-state index contributed by atoms with van der Waals surface area (Å²) in [6, 6.07) is 11.9. The third-order valence-electron chi connectivity index (χ3n) is 4.05. The minimum absolute atomic E-state index is 0.0872. The highest BCUT2D eigenvalue weighted by atomic mass is 32.2. The largest absolute Gasteiger partial charge is 0.497 e. The standard InChI is InChI=1S/C19H20N6O4S/c1-20-18(27)12-4-6-13(7-5-12)21-17(26)11-30-19-22-23-24-25(19)15-10-14(28-2)8-9-16(15)29-3/h4-10H,11H2,1-3H3,(H,20,27)(H,21,26). The highest BCUT2D eigenvalue weighted by Gasteiger charge is 2.16. The average molecular weight is 428 g/mol. The van der Waals surface area contributed by atoms with Gasteiger partial charge in [-0.1, -0.05) is 11.8 Å². The number of tetrazole rings is 1. The number of hydrogen-bond donors (Lipinski definition) is 2. The number of anilines is 1. The highest BCUT2D eigenvalue weighted by Crippen LogP contribution is 2.29. The van der Waals surface area contributed by atoms with Crippen LogP contribution in [0.5, 0.6) is 11.5 Å². The van der Waals surface area contributed by atoms with Crippen molar-refractivity contribution in [1.29, 1.82) is 0 Å². The first-order chi connectivity index (χ1) is 14.5. The summed E-state index contributed by atoms with van der Waals surface area (Å²) in [4.78, 5) is 23.9. The van der Waals surface area contributed by atoms with Gasteiger partial charge in [-0.2, -0.15) is 4.68 Å². The van der Waals surface area contributed by atoms with Crippen LogP contribution in [-0.2, 0) is 4.79 Å². The van der Waals surface area contributed by atoms with E-state index in [4.69, 9.17) is 9.47 Å². The van der Waals surface area contributed by atoms with Crippen LogP contribution in [0.1, 0.15) is 10.4 Å². The fourth-order valence-electron chi connectivity index (χ4n) is 2.56. The molecule has 0 radical (unpaired) electrons. The van der Waals surface area contributed by atoms with Crippen LogP contribution in [0.2, 0.25) is 0 Å². The van der Waals surface area contributed by atoms with Gasteiger partial charge in [-0.05, 0) is 46.8 Å². The van der Waals surface area contributed by atoms with Crippen LogP contribution in [0, 0.1) is 0 Å². The smallest absolute Gasteiger partial charge is 0.251 e. The molecule has 2 N–H and O–H groups in total. The predicted octanol–water partition coefficient (Wildman–Crippen LogP) is 1.77. The van der Waals surface area contributed by atoms with Gasteiger partial charge in [0.2, 0.25) is 11.1 Å².